The number of rotatable bonds is 2. The zero-order valence-corrected chi connectivity index (χ0v) is 14.1. The van der Waals surface area contributed by atoms with E-state index in [1.165, 1.54) is 0 Å². The largest absolute Gasteiger partial charge is 0.412 e. The molecule has 1 saturated carbocycles. The topological polar surface area (TPSA) is 26.3 Å². The van der Waals surface area contributed by atoms with Crippen molar-refractivity contribution in [2.24, 2.45) is 0 Å². The van der Waals surface area contributed by atoms with E-state index in [2.05, 4.69) is 39.9 Å². The molecule has 0 radical (unpaired) electrons. The minimum absolute atomic E-state index is 0.0878. The van der Waals surface area contributed by atoms with Crippen molar-refractivity contribution in [1.29, 1.82) is 0 Å². The van der Waals surface area contributed by atoms with Crippen molar-refractivity contribution < 1.29 is 8.63 Å². The minimum atomic E-state index is -1.76. The molecule has 0 unspecified atom stereocenters. The van der Waals surface area contributed by atoms with Crippen LogP contribution in [0.1, 0.15) is 46.5 Å². The summed E-state index contributed by atoms with van der Waals surface area (Å²) in [4.78, 5) is 0. The molecule has 2 aliphatic rings. The zero-order chi connectivity index (χ0) is 13.6. The Bertz CT molecular complexity index is 384. The highest BCUT2D eigenvalue weighted by Crippen LogP contribution is 2.47. The van der Waals surface area contributed by atoms with Gasteiger partial charge in [-0.1, -0.05) is 26.8 Å². The van der Waals surface area contributed by atoms with Crippen LogP contribution >= 0.6 is 0 Å². The number of allylic oxidation sites excluding steroid dienone is 1. The second-order valence-electron chi connectivity index (χ2n) is 7.20. The molecule has 2 nitrogen and oxygen atoms in total. The third kappa shape index (κ3) is 2.27. The Morgan fingerprint density at radius 1 is 1.39 bits per heavy atom. The summed E-state index contributed by atoms with van der Waals surface area (Å²) in [6.45, 7) is 11.4. The van der Waals surface area contributed by atoms with E-state index in [-0.39, 0.29) is 15.9 Å². The van der Waals surface area contributed by atoms with Crippen LogP contribution in [0.4, 0.5) is 0 Å². The molecule has 18 heavy (non-hydrogen) atoms. The molecule has 0 amide bonds. The van der Waals surface area contributed by atoms with Crippen LogP contribution in [0.3, 0.4) is 0 Å². The number of hydrogen-bond donors (Lipinski definition) is 0. The molecule has 3 atom stereocenters. The SMILES string of the molecule is CC(C)(C)[Si](C)(C)O[C@@H]1CCC[C@]12CC=C[S@@]2=O. The summed E-state index contributed by atoms with van der Waals surface area (Å²) in [5.41, 5.74) is 0. The van der Waals surface area contributed by atoms with Gasteiger partial charge in [-0.2, -0.15) is 0 Å². The van der Waals surface area contributed by atoms with E-state index in [1.54, 1.807) is 0 Å². The third-order valence-corrected chi connectivity index (χ3v) is 11.3. The average molecular weight is 287 g/mol. The summed E-state index contributed by atoms with van der Waals surface area (Å²) < 4.78 is 18.8. The van der Waals surface area contributed by atoms with Crippen molar-refractivity contribution >= 4 is 19.1 Å². The summed E-state index contributed by atoms with van der Waals surface area (Å²) in [6, 6.07) is 0. The second kappa shape index (κ2) is 4.56. The Balaban J connectivity index is 2.17. The Hall–Kier alpha value is 0.0669. The van der Waals surface area contributed by atoms with E-state index in [9.17, 15) is 4.21 Å². The van der Waals surface area contributed by atoms with Crippen molar-refractivity contribution in [3.63, 3.8) is 0 Å². The van der Waals surface area contributed by atoms with Crippen LogP contribution in [0.25, 0.3) is 0 Å². The average Bonchev–Trinajstić information content (AvgIpc) is 2.76. The van der Waals surface area contributed by atoms with Gasteiger partial charge in [-0.25, -0.2) is 0 Å². The highest BCUT2D eigenvalue weighted by Gasteiger charge is 2.52. The standard InChI is InChI=1S/C14H26O2SSi/c1-13(2,3)18(4,5)16-12-8-6-9-14(12)10-7-11-17(14)15/h7,11-12H,6,8-10H2,1-5H3/t12-,14+,17+/m1/s1. The third-order valence-electron chi connectivity index (χ3n) is 4.98. The number of hydrogen-bond acceptors (Lipinski definition) is 2. The van der Waals surface area contributed by atoms with Crippen LogP contribution < -0.4 is 0 Å². The maximum Gasteiger partial charge on any atom is 0.192 e. The molecule has 4 heteroatoms. The Kier molecular flexibility index (Phi) is 3.67. The van der Waals surface area contributed by atoms with Crippen LogP contribution in [-0.2, 0) is 15.2 Å². The van der Waals surface area contributed by atoms with Gasteiger partial charge in [0.15, 0.2) is 8.32 Å². The van der Waals surface area contributed by atoms with Crippen LogP contribution in [0.2, 0.25) is 18.1 Å². The molecule has 1 aliphatic heterocycles. The van der Waals surface area contributed by atoms with Crippen molar-refractivity contribution in [3.8, 4) is 0 Å². The Morgan fingerprint density at radius 2 is 2.06 bits per heavy atom. The van der Waals surface area contributed by atoms with Crippen molar-refractivity contribution in [3.05, 3.63) is 11.5 Å². The second-order valence-corrected chi connectivity index (χ2v) is 13.6. The van der Waals surface area contributed by atoms with Gasteiger partial charge in [0, 0.05) is 0 Å². The predicted molar refractivity (Wildman–Crippen MR) is 80.6 cm³/mol. The highest BCUT2D eigenvalue weighted by molar-refractivity contribution is 7.89. The molecular formula is C14H26O2SSi. The van der Waals surface area contributed by atoms with Gasteiger partial charge in [0.2, 0.25) is 0 Å². The van der Waals surface area contributed by atoms with E-state index < -0.39 is 19.1 Å². The molecule has 2 rings (SSSR count). The molecule has 0 aromatic rings. The monoisotopic (exact) mass is 286 g/mol. The first kappa shape index (κ1) is 14.5. The summed E-state index contributed by atoms with van der Waals surface area (Å²) in [7, 11) is -2.59. The fourth-order valence-electron chi connectivity index (χ4n) is 2.73. The first-order valence-corrected chi connectivity index (χ1v) is 11.1. The van der Waals surface area contributed by atoms with Crippen LogP contribution in [0.5, 0.6) is 0 Å². The smallest absolute Gasteiger partial charge is 0.192 e. The molecule has 0 N–H and O–H groups in total. The molecule has 0 aromatic heterocycles. The Labute approximate surface area is 115 Å². The van der Waals surface area contributed by atoms with Gasteiger partial charge in [0.1, 0.15) is 0 Å². The molecule has 1 fully saturated rings. The normalized spacial score (nSPS) is 36.7. The molecule has 0 aromatic carbocycles. The highest BCUT2D eigenvalue weighted by atomic mass is 32.2. The van der Waals surface area contributed by atoms with Gasteiger partial charge >= 0.3 is 0 Å². The molecule has 0 bridgehead atoms. The molecule has 1 spiro atoms. The van der Waals surface area contributed by atoms with Gasteiger partial charge < -0.3 is 4.43 Å². The lowest BCUT2D eigenvalue weighted by molar-refractivity contribution is 0.157. The van der Waals surface area contributed by atoms with Crippen LogP contribution in [-0.4, -0.2) is 23.4 Å². The van der Waals surface area contributed by atoms with Crippen molar-refractivity contribution in [2.75, 3.05) is 0 Å². The first-order valence-electron chi connectivity index (χ1n) is 6.94. The lowest BCUT2D eigenvalue weighted by Gasteiger charge is -2.42. The molecule has 1 heterocycles. The van der Waals surface area contributed by atoms with Gasteiger partial charge in [-0.15, -0.1) is 0 Å². The maximum atomic E-state index is 12.3. The molecule has 104 valence electrons. The minimum Gasteiger partial charge on any atom is -0.412 e. The van der Waals surface area contributed by atoms with Crippen molar-refractivity contribution in [2.45, 2.75) is 75.4 Å². The van der Waals surface area contributed by atoms with E-state index in [0.29, 0.717) is 0 Å². The van der Waals surface area contributed by atoms with E-state index in [4.69, 9.17) is 4.43 Å². The summed E-state index contributed by atoms with van der Waals surface area (Å²) in [6.07, 6.45) is 6.54. The van der Waals surface area contributed by atoms with Gasteiger partial charge in [-0.3, -0.25) is 4.21 Å². The molecular weight excluding hydrogens is 260 g/mol. The molecule has 1 aliphatic carbocycles. The Morgan fingerprint density at radius 3 is 2.56 bits per heavy atom. The van der Waals surface area contributed by atoms with E-state index in [0.717, 1.165) is 25.7 Å². The van der Waals surface area contributed by atoms with E-state index in [1.807, 2.05) is 5.41 Å². The summed E-state index contributed by atoms with van der Waals surface area (Å²) in [5.74, 6) is 0. The lowest BCUT2D eigenvalue weighted by Crippen LogP contribution is -2.50. The fraction of sp³-hybridized carbons (Fsp3) is 0.857. The maximum absolute atomic E-state index is 12.3. The summed E-state index contributed by atoms with van der Waals surface area (Å²) in [5, 5.41) is 2.11. The quantitative estimate of drug-likeness (QED) is 0.718. The van der Waals surface area contributed by atoms with Crippen LogP contribution in [0.15, 0.2) is 11.5 Å². The lowest BCUT2D eigenvalue weighted by atomic mass is 10.0. The predicted octanol–water partition coefficient (Wildman–Crippen LogP) is 3.97. The van der Waals surface area contributed by atoms with Gasteiger partial charge in [-0.05, 0) is 49.2 Å². The van der Waals surface area contributed by atoms with E-state index >= 15 is 0 Å². The zero-order valence-electron chi connectivity index (χ0n) is 12.3. The first-order chi connectivity index (χ1) is 8.19. The van der Waals surface area contributed by atoms with Gasteiger partial charge in [0.25, 0.3) is 0 Å². The van der Waals surface area contributed by atoms with Crippen molar-refractivity contribution in [1.82, 2.24) is 0 Å². The van der Waals surface area contributed by atoms with Gasteiger partial charge in [0.05, 0.1) is 21.7 Å². The summed E-state index contributed by atoms with van der Waals surface area (Å²) >= 11 is 0. The fourth-order valence-corrected chi connectivity index (χ4v) is 5.79. The van der Waals surface area contributed by atoms with Crippen LogP contribution in [0, 0.1) is 0 Å². The molecule has 0 saturated heterocycles.